The molecule has 0 spiro atoms. The number of primary amides is 1. The van der Waals surface area contributed by atoms with E-state index in [9.17, 15) is 19.5 Å². The lowest BCUT2D eigenvalue weighted by Gasteiger charge is -2.26. The zero-order chi connectivity index (χ0) is 18.8. The van der Waals surface area contributed by atoms with Crippen LogP contribution in [0.15, 0.2) is 30.5 Å². The van der Waals surface area contributed by atoms with Crippen molar-refractivity contribution in [3.8, 4) is 0 Å². The van der Waals surface area contributed by atoms with Gasteiger partial charge in [-0.15, -0.1) is 0 Å². The fraction of sp³-hybridized carbons (Fsp3) is 0.353. The van der Waals surface area contributed by atoms with Crippen molar-refractivity contribution in [1.29, 1.82) is 0 Å². The van der Waals surface area contributed by atoms with Crippen molar-refractivity contribution in [3.05, 3.63) is 36.0 Å². The van der Waals surface area contributed by atoms with Crippen LogP contribution in [0.2, 0.25) is 0 Å². The zero-order valence-electron chi connectivity index (χ0n) is 13.9. The molecule has 134 valence electrons. The van der Waals surface area contributed by atoms with Crippen molar-refractivity contribution in [2.24, 2.45) is 24.2 Å². The maximum absolute atomic E-state index is 12.6. The first-order valence-corrected chi connectivity index (χ1v) is 7.80. The van der Waals surface area contributed by atoms with Gasteiger partial charge in [-0.2, -0.15) is 0 Å². The summed E-state index contributed by atoms with van der Waals surface area (Å²) in [6.07, 6.45) is 1.39. The summed E-state index contributed by atoms with van der Waals surface area (Å²) in [4.78, 5) is 35.2. The molecule has 2 aromatic rings. The number of fused-ring (bicyclic) bond motifs is 1. The first-order valence-electron chi connectivity index (χ1n) is 7.80. The van der Waals surface area contributed by atoms with Gasteiger partial charge in [0.1, 0.15) is 0 Å². The minimum Gasteiger partial charge on any atom is -0.480 e. The van der Waals surface area contributed by atoms with Crippen molar-refractivity contribution in [1.82, 2.24) is 4.57 Å². The van der Waals surface area contributed by atoms with E-state index in [1.165, 1.54) is 0 Å². The summed E-state index contributed by atoms with van der Waals surface area (Å²) in [5.74, 6) is -2.90. The Balaban J connectivity index is 2.34. The quantitative estimate of drug-likeness (QED) is 0.480. The Morgan fingerprint density at radius 2 is 1.92 bits per heavy atom. The van der Waals surface area contributed by atoms with Gasteiger partial charge in [0.2, 0.25) is 5.91 Å². The summed E-state index contributed by atoms with van der Waals surface area (Å²) >= 11 is 0. The number of ketones is 1. The normalized spacial score (nSPS) is 14.8. The number of aromatic nitrogens is 1. The highest BCUT2D eigenvalue weighted by Gasteiger charge is 2.45. The molecule has 25 heavy (non-hydrogen) atoms. The molecule has 0 aliphatic carbocycles. The average Bonchev–Trinajstić information content (AvgIpc) is 2.87. The number of aryl methyl sites for hydroxylation is 1. The number of Topliss-reactive ketones (excluding diaryl/α,β-unsaturated/α-hetero) is 1. The van der Waals surface area contributed by atoms with Gasteiger partial charge in [0.05, 0.1) is 6.04 Å². The van der Waals surface area contributed by atoms with E-state index in [1.807, 2.05) is 35.9 Å². The highest BCUT2D eigenvalue weighted by Crippen LogP contribution is 2.25. The number of carboxylic acid groups (broad SMARTS) is 1. The van der Waals surface area contributed by atoms with Gasteiger partial charge >= 0.3 is 5.97 Å². The number of benzene rings is 1. The maximum Gasteiger partial charge on any atom is 0.331 e. The molecule has 0 saturated heterocycles. The van der Waals surface area contributed by atoms with E-state index in [2.05, 4.69) is 0 Å². The SMILES string of the molecule is Cn1cc(C[C@@](N)(C(=O)O)C(=O)[C@@H](N)CCC(N)=O)c2ccccc21. The van der Waals surface area contributed by atoms with E-state index >= 15 is 0 Å². The van der Waals surface area contributed by atoms with Crippen LogP contribution in [0, 0.1) is 0 Å². The summed E-state index contributed by atoms with van der Waals surface area (Å²) in [5, 5.41) is 10.4. The molecule has 1 amide bonds. The molecular weight excluding hydrogens is 324 g/mol. The fourth-order valence-corrected chi connectivity index (χ4v) is 2.89. The standard InChI is InChI=1S/C17H22N4O4/c1-21-9-10(11-4-2-3-5-13(11)21)8-17(20,16(24)25)15(23)12(18)6-7-14(19)22/h2-5,9,12H,6-8,18,20H2,1H3,(H2,19,22)(H,24,25)/t12-,17-/m0/s1. The molecule has 7 N–H and O–H groups in total. The van der Waals surface area contributed by atoms with E-state index in [0.29, 0.717) is 5.56 Å². The summed E-state index contributed by atoms with van der Waals surface area (Å²) in [6.45, 7) is 0. The number of carbonyl (C=O) groups excluding carboxylic acids is 2. The molecular formula is C17H22N4O4. The molecule has 1 heterocycles. The predicted octanol–water partition coefficient (Wildman–Crippen LogP) is -0.335. The molecule has 8 heteroatoms. The molecule has 1 aromatic heterocycles. The molecule has 0 saturated carbocycles. The van der Waals surface area contributed by atoms with Crippen LogP contribution in [0.5, 0.6) is 0 Å². The predicted molar refractivity (Wildman–Crippen MR) is 92.6 cm³/mol. The molecule has 0 aliphatic rings. The van der Waals surface area contributed by atoms with E-state index in [0.717, 1.165) is 10.9 Å². The van der Waals surface area contributed by atoms with Gasteiger partial charge in [-0.25, -0.2) is 4.79 Å². The molecule has 0 fully saturated rings. The van der Waals surface area contributed by atoms with E-state index in [1.54, 1.807) is 6.20 Å². The first-order chi connectivity index (χ1) is 11.7. The minimum absolute atomic E-state index is 0.0457. The number of aliphatic carboxylic acids is 1. The number of amides is 1. The van der Waals surface area contributed by atoms with Gasteiger partial charge in [-0.05, 0) is 18.1 Å². The number of nitrogens with zero attached hydrogens (tertiary/aromatic N) is 1. The van der Waals surface area contributed by atoms with Crippen molar-refractivity contribution in [2.75, 3.05) is 0 Å². The Morgan fingerprint density at radius 3 is 2.52 bits per heavy atom. The van der Waals surface area contributed by atoms with Crippen LogP contribution in [-0.4, -0.2) is 38.9 Å². The molecule has 0 unspecified atom stereocenters. The van der Waals surface area contributed by atoms with Gasteiger partial charge in [0, 0.05) is 37.0 Å². The smallest absolute Gasteiger partial charge is 0.331 e. The van der Waals surface area contributed by atoms with E-state index < -0.39 is 29.2 Å². The second kappa shape index (κ2) is 7.04. The Bertz CT molecular complexity index is 829. The van der Waals surface area contributed by atoms with Gasteiger partial charge in [0.15, 0.2) is 11.3 Å². The van der Waals surface area contributed by atoms with Crippen LogP contribution in [0.25, 0.3) is 10.9 Å². The van der Waals surface area contributed by atoms with Gasteiger partial charge in [-0.1, -0.05) is 18.2 Å². The second-order valence-corrected chi connectivity index (χ2v) is 6.21. The summed E-state index contributed by atoms with van der Waals surface area (Å²) in [6, 6.07) is 6.24. The number of hydrogen-bond acceptors (Lipinski definition) is 5. The molecule has 0 aliphatic heterocycles. The van der Waals surface area contributed by atoms with Crippen molar-refractivity contribution in [2.45, 2.75) is 30.8 Å². The molecule has 2 rings (SSSR count). The second-order valence-electron chi connectivity index (χ2n) is 6.21. The van der Waals surface area contributed by atoms with Crippen LogP contribution < -0.4 is 17.2 Å². The topological polar surface area (TPSA) is 154 Å². The van der Waals surface area contributed by atoms with Crippen LogP contribution in [0.1, 0.15) is 18.4 Å². The minimum atomic E-state index is -2.18. The molecule has 1 aromatic carbocycles. The third-order valence-electron chi connectivity index (χ3n) is 4.31. The highest BCUT2D eigenvalue weighted by atomic mass is 16.4. The lowest BCUT2D eigenvalue weighted by Crippen LogP contribution is -2.61. The average molecular weight is 346 g/mol. The number of carbonyl (C=O) groups is 3. The highest BCUT2D eigenvalue weighted by molar-refractivity contribution is 6.10. The fourth-order valence-electron chi connectivity index (χ4n) is 2.89. The van der Waals surface area contributed by atoms with Crippen LogP contribution in [0.3, 0.4) is 0 Å². The molecule has 0 bridgehead atoms. The third-order valence-corrected chi connectivity index (χ3v) is 4.31. The monoisotopic (exact) mass is 346 g/mol. The first kappa shape index (κ1) is 18.6. The summed E-state index contributed by atoms with van der Waals surface area (Å²) in [7, 11) is 1.82. The van der Waals surface area contributed by atoms with Gasteiger partial charge in [0.25, 0.3) is 0 Å². The van der Waals surface area contributed by atoms with Gasteiger partial charge < -0.3 is 26.9 Å². The van der Waals surface area contributed by atoms with E-state index in [4.69, 9.17) is 17.2 Å². The Labute approximate surface area is 144 Å². The van der Waals surface area contributed by atoms with Crippen molar-refractivity contribution in [3.63, 3.8) is 0 Å². The lowest BCUT2D eigenvalue weighted by atomic mass is 9.83. The number of para-hydroxylation sites is 1. The zero-order valence-corrected chi connectivity index (χ0v) is 13.9. The molecule has 0 radical (unpaired) electrons. The largest absolute Gasteiger partial charge is 0.480 e. The Kier molecular flexibility index (Phi) is 5.24. The van der Waals surface area contributed by atoms with Crippen LogP contribution in [0.4, 0.5) is 0 Å². The van der Waals surface area contributed by atoms with Crippen LogP contribution in [-0.2, 0) is 27.9 Å². The Hall–Kier alpha value is -2.71. The summed E-state index contributed by atoms with van der Waals surface area (Å²) < 4.78 is 1.84. The summed E-state index contributed by atoms with van der Waals surface area (Å²) in [5.41, 5.74) is 16.1. The van der Waals surface area contributed by atoms with Gasteiger partial charge in [-0.3, -0.25) is 9.59 Å². The third kappa shape index (κ3) is 3.70. The Morgan fingerprint density at radius 1 is 1.28 bits per heavy atom. The number of carboxylic acids is 1. The van der Waals surface area contributed by atoms with E-state index in [-0.39, 0.29) is 19.3 Å². The molecule has 8 nitrogen and oxygen atoms in total. The van der Waals surface area contributed by atoms with Crippen molar-refractivity contribution >= 4 is 28.6 Å². The number of rotatable bonds is 8. The van der Waals surface area contributed by atoms with Crippen LogP contribution >= 0.6 is 0 Å². The number of nitrogens with two attached hydrogens (primary N) is 3. The molecule has 2 atom stereocenters. The maximum atomic E-state index is 12.6. The lowest BCUT2D eigenvalue weighted by molar-refractivity contribution is -0.148. The van der Waals surface area contributed by atoms with Crippen molar-refractivity contribution < 1.29 is 19.5 Å². The number of hydrogen-bond donors (Lipinski definition) is 4.